The number of alkyl halides is 12. The summed E-state index contributed by atoms with van der Waals surface area (Å²) in [5, 5.41) is 1.45. The summed E-state index contributed by atoms with van der Waals surface area (Å²) >= 11 is 0. The number of furan rings is 2. The number of rotatable bonds is 8. The molecule has 13 aromatic rings. The molecule has 6 aromatic heterocycles. The van der Waals surface area contributed by atoms with Gasteiger partial charge in [-0.1, -0.05) is 97.1 Å². The van der Waals surface area contributed by atoms with Gasteiger partial charge in [-0.15, -0.1) is 0 Å². The first-order valence-electron chi connectivity index (χ1n) is 25.6. The fourth-order valence-corrected chi connectivity index (χ4v) is 10.6. The van der Waals surface area contributed by atoms with Crippen LogP contribution in [0, 0.1) is 0 Å². The number of benzene rings is 7. The number of aromatic nitrogens is 4. The Morgan fingerprint density at radius 2 is 0.595 bits per heavy atom. The van der Waals surface area contributed by atoms with Gasteiger partial charge in [0.25, 0.3) is 0 Å². The third-order valence-corrected chi connectivity index (χ3v) is 14.6. The smallest absolute Gasteiger partial charge is 0.416 e. The summed E-state index contributed by atoms with van der Waals surface area (Å²) in [4.78, 5) is 18.1. The van der Waals surface area contributed by atoms with Crippen molar-refractivity contribution >= 4 is 44.1 Å². The van der Waals surface area contributed by atoms with Gasteiger partial charge in [0.2, 0.25) is 0 Å². The topological polar surface area (TPSA) is 77.8 Å². The second-order valence-electron chi connectivity index (χ2n) is 19.8. The molecule has 0 unspecified atom stereocenters. The van der Waals surface area contributed by atoms with Crippen molar-refractivity contribution in [2.75, 3.05) is 0 Å². The number of nitrogens with zero attached hydrogens (tertiary/aromatic N) is 4. The molecule has 414 valence electrons. The molecule has 0 fully saturated rings. The highest BCUT2D eigenvalue weighted by atomic mass is 19.4. The van der Waals surface area contributed by atoms with Crippen LogP contribution in [0.1, 0.15) is 22.3 Å². The Kier molecular flexibility index (Phi) is 12.6. The zero-order chi connectivity index (χ0) is 58.5. The third-order valence-electron chi connectivity index (χ3n) is 14.6. The monoisotopic (exact) mass is 1140 g/mol. The van der Waals surface area contributed by atoms with Gasteiger partial charge in [-0.3, -0.25) is 19.9 Å². The fraction of sp³-hybridized carbons (Fsp3) is 0.0606. The van der Waals surface area contributed by atoms with Crippen LogP contribution in [-0.2, 0) is 24.7 Å². The van der Waals surface area contributed by atoms with Gasteiger partial charge in [0.05, 0.1) is 33.6 Å². The zero-order valence-corrected chi connectivity index (χ0v) is 42.8. The van der Waals surface area contributed by atoms with Crippen LogP contribution in [0.5, 0.6) is 0 Å². The van der Waals surface area contributed by atoms with Crippen molar-refractivity contribution in [1.82, 2.24) is 19.9 Å². The van der Waals surface area contributed by atoms with E-state index in [1.54, 1.807) is 24.5 Å². The maximum absolute atomic E-state index is 13.7. The first-order valence-corrected chi connectivity index (χ1v) is 25.6. The Morgan fingerprint density at radius 3 is 0.917 bits per heavy atom. The van der Waals surface area contributed by atoms with Crippen molar-refractivity contribution in [1.29, 1.82) is 0 Å². The zero-order valence-electron chi connectivity index (χ0n) is 42.8. The van der Waals surface area contributed by atoms with E-state index in [4.69, 9.17) is 18.8 Å². The summed E-state index contributed by atoms with van der Waals surface area (Å²) in [6.45, 7) is 0. The predicted octanol–water partition coefficient (Wildman–Crippen LogP) is 20.5. The van der Waals surface area contributed by atoms with Gasteiger partial charge < -0.3 is 8.83 Å². The van der Waals surface area contributed by atoms with Gasteiger partial charge >= 0.3 is 24.7 Å². The highest BCUT2D eigenvalue weighted by Crippen LogP contribution is 2.45. The lowest BCUT2D eigenvalue weighted by molar-refractivity contribution is -0.144. The summed E-state index contributed by atoms with van der Waals surface area (Å²) in [7, 11) is 0. The summed E-state index contributed by atoms with van der Waals surface area (Å²) in [6, 6.07) is 46.4. The normalized spacial score (nSPS) is 12.5. The highest BCUT2D eigenvalue weighted by Gasteiger charge is 2.39. The van der Waals surface area contributed by atoms with Crippen LogP contribution in [0.4, 0.5) is 52.7 Å². The molecular formula is C66H34F12N4O2. The first-order chi connectivity index (χ1) is 40.1. The van der Waals surface area contributed by atoms with E-state index < -0.39 is 47.0 Å². The molecule has 6 heterocycles. The molecule has 0 bridgehead atoms. The third kappa shape index (κ3) is 9.81. The molecule has 0 saturated heterocycles. The molecule has 6 nitrogen and oxygen atoms in total. The average Bonchev–Trinajstić information content (AvgIpc) is 2.02. The van der Waals surface area contributed by atoms with E-state index in [1.165, 1.54) is 24.5 Å². The molecule has 84 heavy (non-hydrogen) atoms. The molecule has 0 aliphatic rings. The van der Waals surface area contributed by atoms with E-state index in [1.807, 2.05) is 121 Å². The van der Waals surface area contributed by atoms with Crippen LogP contribution < -0.4 is 0 Å². The fourth-order valence-electron chi connectivity index (χ4n) is 10.6. The SMILES string of the molecule is FC(F)(F)c1cc(-c2ccc(-c3ccccc3-c3ccc4oc5c(-c6ccc(-c7ccnc8c7oc7ccc(-c9ccccc9-c9ccc(-c%10cc(C(F)(F)F)cc(C(F)(F)F)c%10)nc9)cc78)cc6)ccnc5c4c3)cn2)cc(C(F)(F)F)c1. The van der Waals surface area contributed by atoms with Crippen LogP contribution in [0.3, 0.4) is 0 Å². The van der Waals surface area contributed by atoms with Gasteiger partial charge in [-0.2, -0.15) is 52.7 Å². The second-order valence-corrected chi connectivity index (χ2v) is 19.8. The lowest BCUT2D eigenvalue weighted by Crippen LogP contribution is -2.11. The summed E-state index contributed by atoms with van der Waals surface area (Å²) < 4.78 is 177. The summed E-state index contributed by atoms with van der Waals surface area (Å²) in [5.74, 6) is 0. The van der Waals surface area contributed by atoms with Crippen LogP contribution in [0.2, 0.25) is 0 Å². The molecule has 0 radical (unpaired) electrons. The number of pyridine rings is 4. The van der Waals surface area contributed by atoms with E-state index in [2.05, 4.69) is 9.97 Å². The van der Waals surface area contributed by atoms with Crippen molar-refractivity contribution in [2.24, 2.45) is 0 Å². The van der Waals surface area contributed by atoms with Crippen LogP contribution in [-0.4, -0.2) is 19.9 Å². The molecule has 18 heteroatoms. The van der Waals surface area contributed by atoms with Gasteiger partial charge in [0.15, 0.2) is 11.2 Å². The largest absolute Gasteiger partial charge is 0.454 e. The predicted molar refractivity (Wildman–Crippen MR) is 296 cm³/mol. The lowest BCUT2D eigenvalue weighted by atomic mass is 9.94. The number of halogens is 12. The van der Waals surface area contributed by atoms with Crippen LogP contribution in [0.25, 0.3) is 133 Å². The van der Waals surface area contributed by atoms with E-state index >= 15 is 0 Å². The minimum absolute atomic E-state index is 0.0663. The van der Waals surface area contributed by atoms with Crippen molar-refractivity contribution in [3.63, 3.8) is 0 Å². The summed E-state index contributed by atoms with van der Waals surface area (Å²) in [6.07, 6.45) is -13.8. The number of hydrogen-bond acceptors (Lipinski definition) is 6. The quantitative estimate of drug-likeness (QED) is 0.141. The van der Waals surface area contributed by atoms with Crippen molar-refractivity contribution in [3.05, 3.63) is 229 Å². The van der Waals surface area contributed by atoms with Gasteiger partial charge in [0, 0.05) is 68.9 Å². The highest BCUT2D eigenvalue weighted by molar-refractivity contribution is 6.10. The summed E-state index contributed by atoms with van der Waals surface area (Å²) in [5.41, 5.74) is 5.79. The molecule has 0 amide bonds. The van der Waals surface area contributed by atoms with E-state index in [-0.39, 0.29) is 34.6 Å². The van der Waals surface area contributed by atoms with E-state index in [0.717, 1.165) is 55.3 Å². The van der Waals surface area contributed by atoms with Crippen molar-refractivity contribution in [2.45, 2.75) is 24.7 Å². The second kappa shape index (κ2) is 19.8. The maximum atomic E-state index is 13.7. The lowest BCUT2D eigenvalue weighted by Gasteiger charge is -2.14. The molecule has 0 atom stereocenters. The number of fused-ring (bicyclic) bond motifs is 6. The molecule has 0 spiro atoms. The molecule has 0 N–H and O–H groups in total. The molecule has 13 rings (SSSR count). The molecule has 7 aromatic carbocycles. The minimum Gasteiger partial charge on any atom is -0.454 e. The molecular weight excluding hydrogens is 1110 g/mol. The molecule has 0 aliphatic heterocycles. The van der Waals surface area contributed by atoms with E-state index in [0.29, 0.717) is 79.9 Å². The van der Waals surface area contributed by atoms with Crippen molar-refractivity contribution < 1.29 is 61.5 Å². The number of hydrogen-bond donors (Lipinski definition) is 0. The Labute approximate surface area is 467 Å². The Bertz CT molecular complexity index is 4350. The Hall–Kier alpha value is -10.1. The molecule has 0 saturated carbocycles. The van der Waals surface area contributed by atoms with Gasteiger partial charge in [0.1, 0.15) is 22.2 Å². The first kappa shape index (κ1) is 53.2. The standard InChI is InChI=1S/C66H34F12N4O2/c67-63(68,69)43-25-41(26-44(31-43)64(70,71)72)55-17-13-39(33-81-55)49-7-3-1-5-47(49)37-15-19-57-53(29-37)59-61(83-57)51(21-23-79-59)35-9-11-36(12-10-35)52-22-24-80-60-54-30-38(16-20-58(54)84-62(52)60)48-6-2-4-8-50(48)40-14-18-56(82-34-40)42-27-45(65(73,74)75)32-46(28-42)66(76,77)78/h1-34H. The van der Waals surface area contributed by atoms with Crippen molar-refractivity contribution in [3.8, 4) is 89.3 Å². The van der Waals surface area contributed by atoms with Crippen LogP contribution in [0.15, 0.2) is 216 Å². The van der Waals surface area contributed by atoms with Gasteiger partial charge in [-0.05, 0) is 129 Å². The maximum Gasteiger partial charge on any atom is 0.416 e. The van der Waals surface area contributed by atoms with E-state index in [9.17, 15) is 52.7 Å². The van der Waals surface area contributed by atoms with Crippen LogP contribution >= 0.6 is 0 Å². The Morgan fingerprint density at radius 1 is 0.274 bits per heavy atom. The minimum atomic E-state index is -5.01. The average molecular weight is 1140 g/mol. The molecule has 0 aliphatic carbocycles. The Balaban J connectivity index is 0.777. The van der Waals surface area contributed by atoms with Gasteiger partial charge in [-0.25, -0.2) is 0 Å².